The highest BCUT2D eigenvalue weighted by Crippen LogP contribution is 2.43. The molecule has 2 N–H and O–H groups in total. The number of nitrogens with two attached hydrogens (primary N) is 1. The first-order valence-corrected chi connectivity index (χ1v) is 12.0. The number of hydrogen-bond donors (Lipinski definition) is 1. The molecule has 188 valence electrons. The number of benzene rings is 4. The molecule has 1 atom stereocenters. The van der Waals surface area contributed by atoms with E-state index in [-0.39, 0.29) is 29.6 Å². The van der Waals surface area contributed by atoms with E-state index in [4.69, 9.17) is 31.5 Å². The van der Waals surface area contributed by atoms with Crippen molar-refractivity contribution in [3.05, 3.63) is 136 Å². The van der Waals surface area contributed by atoms with Gasteiger partial charge in [0.15, 0.2) is 0 Å². The lowest BCUT2D eigenvalue weighted by atomic mass is 9.83. The van der Waals surface area contributed by atoms with Gasteiger partial charge < -0.3 is 19.9 Å². The molecule has 0 aliphatic carbocycles. The van der Waals surface area contributed by atoms with Crippen LogP contribution in [0.4, 0.5) is 4.39 Å². The Hall–Kier alpha value is -4.80. The average molecular weight is 527 g/mol. The lowest BCUT2D eigenvalue weighted by Gasteiger charge is -2.26. The molecule has 0 saturated carbocycles. The standard InChI is InChI=1S/C30H20ClFN2O4/c31-21-7-3-20(4-8-21)30(35)37-24-13-14-25-27(15-24)38-29(34)26(16-33)28(25)19-5-11-23(12-6-19)36-17-18-1-9-22(32)10-2-18/h1-15,28H,17,34H2. The summed E-state index contributed by atoms with van der Waals surface area (Å²) in [6.07, 6.45) is 0. The topological polar surface area (TPSA) is 94.6 Å². The number of ether oxygens (including phenoxy) is 3. The van der Waals surface area contributed by atoms with Gasteiger partial charge in [0, 0.05) is 16.7 Å². The lowest BCUT2D eigenvalue weighted by molar-refractivity contribution is 0.0734. The molecule has 4 aromatic carbocycles. The van der Waals surface area contributed by atoms with E-state index in [1.807, 2.05) is 12.1 Å². The number of nitriles is 1. The van der Waals surface area contributed by atoms with E-state index in [2.05, 4.69) is 6.07 Å². The maximum Gasteiger partial charge on any atom is 0.343 e. The van der Waals surface area contributed by atoms with Gasteiger partial charge in [0.2, 0.25) is 5.88 Å². The summed E-state index contributed by atoms with van der Waals surface area (Å²) in [6.45, 7) is 0.285. The maximum atomic E-state index is 13.1. The van der Waals surface area contributed by atoms with Crippen molar-refractivity contribution < 1.29 is 23.4 Å². The fraction of sp³-hybridized carbons (Fsp3) is 0.0667. The zero-order valence-electron chi connectivity index (χ0n) is 19.9. The number of fused-ring (bicyclic) bond motifs is 1. The smallest absolute Gasteiger partial charge is 0.343 e. The summed E-state index contributed by atoms with van der Waals surface area (Å²) in [5.41, 5.74) is 9.05. The van der Waals surface area contributed by atoms with Crippen LogP contribution in [0.2, 0.25) is 5.02 Å². The molecular weight excluding hydrogens is 507 g/mol. The lowest BCUT2D eigenvalue weighted by Crippen LogP contribution is -2.21. The number of rotatable bonds is 6. The Morgan fingerprint density at radius 3 is 2.34 bits per heavy atom. The summed E-state index contributed by atoms with van der Waals surface area (Å²) in [5.74, 6) is -0.109. The second-order valence-corrected chi connectivity index (χ2v) is 8.94. The molecule has 0 spiro atoms. The number of esters is 1. The van der Waals surface area contributed by atoms with E-state index in [1.165, 1.54) is 12.1 Å². The SMILES string of the molecule is N#CC1=C(N)Oc2cc(OC(=O)c3ccc(Cl)cc3)ccc2C1c1ccc(OCc2ccc(F)cc2)cc1. The molecule has 0 amide bonds. The predicted octanol–water partition coefficient (Wildman–Crippen LogP) is 6.50. The van der Waals surface area contributed by atoms with Crippen LogP contribution in [0.3, 0.4) is 0 Å². The van der Waals surface area contributed by atoms with Crippen LogP contribution in [0.15, 0.2) is 102 Å². The van der Waals surface area contributed by atoms with Gasteiger partial charge in [-0.1, -0.05) is 41.9 Å². The Morgan fingerprint density at radius 2 is 1.66 bits per heavy atom. The first-order chi connectivity index (χ1) is 18.4. The van der Waals surface area contributed by atoms with Crippen molar-refractivity contribution in [3.63, 3.8) is 0 Å². The van der Waals surface area contributed by atoms with Crippen molar-refractivity contribution in [1.82, 2.24) is 0 Å². The molecule has 38 heavy (non-hydrogen) atoms. The second kappa shape index (κ2) is 10.7. The van der Waals surface area contributed by atoms with E-state index >= 15 is 0 Å². The van der Waals surface area contributed by atoms with E-state index in [0.29, 0.717) is 27.6 Å². The highest BCUT2D eigenvalue weighted by atomic mass is 35.5. The Kier molecular flexibility index (Phi) is 6.98. The number of carbonyl (C=O) groups is 1. The number of hydrogen-bond acceptors (Lipinski definition) is 6. The van der Waals surface area contributed by atoms with Gasteiger partial charge in [-0.2, -0.15) is 5.26 Å². The fourth-order valence-electron chi connectivity index (χ4n) is 4.10. The minimum Gasteiger partial charge on any atom is -0.489 e. The third-order valence-electron chi connectivity index (χ3n) is 6.01. The summed E-state index contributed by atoms with van der Waals surface area (Å²) in [5, 5.41) is 10.3. The second-order valence-electron chi connectivity index (χ2n) is 8.51. The highest BCUT2D eigenvalue weighted by Gasteiger charge is 2.31. The van der Waals surface area contributed by atoms with Crippen molar-refractivity contribution in [2.45, 2.75) is 12.5 Å². The summed E-state index contributed by atoms with van der Waals surface area (Å²) >= 11 is 5.89. The van der Waals surface area contributed by atoms with E-state index in [1.54, 1.807) is 66.7 Å². The van der Waals surface area contributed by atoms with Crippen LogP contribution in [-0.4, -0.2) is 5.97 Å². The summed E-state index contributed by atoms with van der Waals surface area (Å²) in [4.78, 5) is 12.5. The molecule has 0 saturated heterocycles. The molecule has 1 heterocycles. The Labute approximate surface area is 223 Å². The van der Waals surface area contributed by atoms with E-state index < -0.39 is 11.9 Å². The first kappa shape index (κ1) is 24.9. The van der Waals surface area contributed by atoms with Crippen LogP contribution in [-0.2, 0) is 6.61 Å². The molecule has 0 bridgehead atoms. The number of carbonyl (C=O) groups excluding carboxylic acids is 1. The van der Waals surface area contributed by atoms with Crippen LogP contribution in [0.25, 0.3) is 0 Å². The minimum absolute atomic E-state index is 0.0252. The Morgan fingerprint density at radius 1 is 0.974 bits per heavy atom. The number of halogens is 2. The maximum absolute atomic E-state index is 13.1. The minimum atomic E-state index is -0.550. The predicted molar refractivity (Wildman–Crippen MR) is 139 cm³/mol. The quantitative estimate of drug-likeness (QED) is 0.228. The van der Waals surface area contributed by atoms with Crippen molar-refractivity contribution >= 4 is 17.6 Å². The van der Waals surface area contributed by atoms with Crippen molar-refractivity contribution in [2.24, 2.45) is 5.73 Å². The first-order valence-electron chi connectivity index (χ1n) is 11.6. The molecule has 1 aliphatic rings. The summed E-state index contributed by atoms with van der Waals surface area (Å²) < 4.78 is 30.1. The largest absolute Gasteiger partial charge is 0.489 e. The zero-order valence-corrected chi connectivity index (χ0v) is 20.6. The van der Waals surface area contributed by atoms with E-state index in [9.17, 15) is 14.4 Å². The molecule has 0 aromatic heterocycles. The van der Waals surface area contributed by atoms with Gasteiger partial charge in [0.25, 0.3) is 0 Å². The molecule has 1 aliphatic heterocycles. The van der Waals surface area contributed by atoms with E-state index in [0.717, 1.165) is 11.1 Å². The van der Waals surface area contributed by atoms with Gasteiger partial charge >= 0.3 is 5.97 Å². The van der Waals surface area contributed by atoms with Gasteiger partial charge in [0.05, 0.1) is 11.5 Å². The molecule has 6 nitrogen and oxygen atoms in total. The van der Waals surface area contributed by atoms with Gasteiger partial charge in [-0.15, -0.1) is 0 Å². The normalized spacial score (nSPS) is 14.2. The van der Waals surface area contributed by atoms with Gasteiger partial charge in [0.1, 0.15) is 41.3 Å². The Bertz CT molecular complexity index is 1560. The van der Waals surface area contributed by atoms with Crippen LogP contribution >= 0.6 is 11.6 Å². The fourth-order valence-corrected chi connectivity index (χ4v) is 4.22. The molecular formula is C30H20ClFN2O4. The molecule has 0 radical (unpaired) electrons. The van der Waals surface area contributed by atoms with Gasteiger partial charge in [-0.25, -0.2) is 9.18 Å². The Balaban J connectivity index is 1.37. The highest BCUT2D eigenvalue weighted by molar-refractivity contribution is 6.30. The van der Waals surface area contributed by atoms with Crippen LogP contribution in [0.5, 0.6) is 17.2 Å². The number of allylic oxidation sites excluding steroid dienone is 1. The van der Waals surface area contributed by atoms with Crippen molar-refractivity contribution in [2.75, 3.05) is 0 Å². The van der Waals surface area contributed by atoms with Crippen molar-refractivity contribution in [1.29, 1.82) is 5.26 Å². The molecule has 4 aromatic rings. The van der Waals surface area contributed by atoms with Gasteiger partial charge in [-0.05, 0) is 65.7 Å². The van der Waals surface area contributed by atoms with Crippen LogP contribution in [0.1, 0.15) is 33.0 Å². The van der Waals surface area contributed by atoms with Gasteiger partial charge in [-0.3, -0.25) is 0 Å². The third kappa shape index (κ3) is 5.31. The number of nitrogens with zero attached hydrogens (tertiary/aromatic N) is 1. The molecule has 1 unspecified atom stereocenters. The van der Waals surface area contributed by atoms with Crippen LogP contribution in [0, 0.1) is 17.1 Å². The molecule has 8 heteroatoms. The van der Waals surface area contributed by atoms with Crippen molar-refractivity contribution in [3.8, 4) is 23.3 Å². The molecule has 5 rings (SSSR count). The zero-order chi connectivity index (χ0) is 26.6. The monoisotopic (exact) mass is 526 g/mol. The summed E-state index contributed by atoms with van der Waals surface area (Å²) in [7, 11) is 0. The average Bonchev–Trinajstić information content (AvgIpc) is 2.92. The summed E-state index contributed by atoms with van der Waals surface area (Å²) in [6, 6.07) is 26.8. The third-order valence-corrected chi connectivity index (χ3v) is 6.27. The van der Waals surface area contributed by atoms with Crippen LogP contribution < -0.4 is 19.9 Å². The molecule has 0 fully saturated rings.